The predicted octanol–water partition coefficient (Wildman–Crippen LogP) is 0.835. The maximum atomic E-state index is 11.2. The van der Waals surface area contributed by atoms with E-state index >= 15 is 0 Å². The van der Waals surface area contributed by atoms with Crippen LogP contribution in [0.2, 0.25) is 0 Å². The van der Waals surface area contributed by atoms with E-state index in [1.165, 1.54) is 26.4 Å². The van der Waals surface area contributed by atoms with Crippen LogP contribution in [-0.4, -0.2) is 25.3 Å². The number of carbonyl (C=O) groups excluding carboxylic acids is 1. The minimum atomic E-state index is -0.831. The van der Waals surface area contributed by atoms with Gasteiger partial charge in [-0.25, -0.2) is 0 Å². The molecule has 0 bridgehead atoms. The number of hydrogen-bond donors (Lipinski definition) is 2. The normalized spacial score (nSPS) is 11.4. The fraction of sp³-hybridized carbons (Fsp3) is 0.333. The van der Waals surface area contributed by atoms with E-state index in [0.29, 0.717) is 0 Å². The average Bonchev–Trinajstić information content (AvgIpc) is 2.37. The summed E-state index contributed by atoms with van der Waals surface area (Å²) in [6, 6.07) is 4.02. The smallest absolute Gasteiger partial charge is 0.307 e. The fourth-order valence-corrected chi connectivity index (χ4v) is 1.59. The Kier molecular flexibility index (Phi) is 4.52. The van der Waals surface area contributed by atoms with Gasteiger partial charge >= 0.3 is 5.97 Å². The second kappa shape index (κ2) is 5.89. The summed E-state index contributed by atoms with van der Waals surface area (Å²) >= 11 is 0. The lowest BCUT2D eigenvalue weighted by Gasteiger charge is -2.16. The van der Waals surface area contributed by atoms with Crippen molar-refractivity contribution in [2.24, 2.45) is 5.73 Å². The third kappa shape index (κ3) is 2.70. The second-order valence-corrected chi connectivity index (χ2v) is 3.58. The number of carbonyl (C=O) groups is 1. The van der Waals surface area contributed by atoms with Crippen LogP contribution in [0.4, 0.5) is 0 Å². The molecule has 1 aromatic carbocycles. The highest BCUT2D eigenvalue weighted by molar-refractivity contribution is 5.71. The predicted molar refractivity (Wildman–Crippen MR) is 62.9 cm³/mol. The van der Waals surface area contributed by atoms with Crippen molar-refractivity contribution in [3.05, 3.63) is 23.3 Å². The van der Waals surface area contributed by atoms with Gasteiger partial charge in [0.2, 0.25) is 0 Å². The first-order valence-corrected chi connectivity index (χ1v) is 5.17. The van der Waals surface area contributed by atoms with Gasteiger partial charge in [0.25, 0.3) is 0 Å². The van der Waals surface area contributed by atoms with Crippen molar-refractivity contribution in [1.29, 1.82) is 5.26 Å². The quantitative estimate of drug-likeness (QED) is 0.767. The average molecular weight is 250 g/mol. The van der Waals surface area contributed by atoms with Crippen LogP contribution < -0.4 is 10.5 Å². The van der Waals surface area contributed by atoms with Crippen molar-refractivity contribution in [2.75, 3.05) is 14.2 Å². The topological polar surface area (TPSA) is 106 Å². The van der Waals surface area contributed by atoms with Gasteiger partial charge in [-0.3, -0.25) is 4.79 Å². The van der Waals surface area contributed by atoms with Crippen molar-refractivity contribution in [2.45, 2.75) is 12.5 Å². The van der Waals surface area contributed by atoms with Crippen LogP contribution in [0.15, 0.2) is 12.1 Å². The molecule has 18 heavy (non-hydrogen) atoms. The van der Waals surface area contributed by atoms with Crippen molar-refractivity contribution < 1.29 is 19.4 Å². The zero-order chi connectivity index (χ0) is 13.7. The summed E-state index contributed by atoms with van der Waals surface area (Å²) in [5, 5.41) is 18.9. The van der Waals surface area contributed by atoms with Crippen LogP contribution in [0, 0.1) is 11.3 Å². The van der Waals surface area contributed by atoms with Gasteiger partial charge in [-0.05, 0) is 12.1 Å². The molecule has 0 saturated heterocycles. The summed E-state index contributed by atoms with van der Waals surface area (Å²) in [6.07, 6.45) is -0.133. The lowest BCUT2D eigenvalue weighted by Crippen LogP contribution is -2.17. The van der Waals surface area contributed by atoms with Crippen LogP contribution in [-0.2, 0) is 9.53 Å². The first-order chi connectivity index (χ1) is 8.54. The van der Waals surface area contributed by atoms with Gasteiger partial charge in [0.1, 0.15) is 0 Å². The molecule has 0 saturated carbocycles. The van der Waals surface area contributed by atoms with E-state index in [9.17, 15) is 9.90 Å². The number of rotatable bonds is 4. The summed E-state index contributed by atoms with van der Waals surface area (Å²) in [5.41, 5.74) is 6.19. The number of nitrogens with zero attached hydrogens (tertiary/aromatic N) is 1. The highest BCUT2D eigenvalue weighted by Gasteiger charge is 2.21. The van der Waals surface area contributed by atoms with E-state index in [-0.39, 0.29) is 29.0 Å². The Morgan fingerprint density at radius 3 is 2.72 bits per heavy atom. The molecular formula is C12H14N2O4. The number of phenols is 1. The van der Waals surface area contributed by atoms with E-state index < -0.39 is 12.0 Å². The summed E-state index contributed by atoms with van der Waals surface area (Å²) in [6.45, 7) is 0. The van der Waals surface area contributed by atoms with E-state index in [4.69, 9.17) is 15.7 Å². The van der Waals surface area contributed by atoms with Gasteiger partial charge in [0.15, 0.2) is 11.5 Å². The summed E-state index contributed by atoms with van der Waals surface area (Å²) in [7, 11) is 2.63. The van der Waals surface area contributed by atoms with Gasteiger partial charge in [0, 0.05) is 11.6 Å². The minimum absolute atomic E-state index is 0.133. The Bertz CT molecular complexity index is 494. The maximum absolute atomic E-state index is 11.2. The number of hydrogen-bond acceptors (Lipinski definition) is 6. The lowest BCUT2D eigenvalue weighted by atomic mass is 9.97. The van der Waals surface area contributed by atoms with Gasteiger partial charge in [-0.2, -0.15) is 5.26 Å². The maximum Gasteiger partial charge on any atom is 0.307 e. The van der Waals surface area contributed by atoms with Gasteiger partial charge in [0.05, 0.1) is 32.3 Å². The Balaban J connectivity index is 3.20. The molecule has 6 nitrogen and oxygen atoms in total. The van der Waals surface area contributed by atoms with E-state index in [1.807, 2.05) is 6.07 Å². The molecular weight excluding hydrogens is 236 g/mol. The van der Waals surface area contributed by atoms with E-state index in [1.54, 1.807) is 0 Å². The van der Waals surface area contributed by atoms with Crippen molar-refractivity contribution in [3.8, 4) is 17.6 Å². The van der Waals surface area contributed by atoms with Crippen LogP contribution in [0.25, 0.3) is 0 Å². The molecule has 6 heteroatoms. The molecule has 0 aliphatic rings. The zero-order valence-electron chi connectivity index (χ0n) is 10.1. The molecule has 3 N–H and O–H groups in total. The van der Waals surface area contributed by atoms with Crippen LogP contribution >= 0.6 is 0 Å². The fourth-order valence-electron chi connectivity index (χ4n) is 1.59. The molecule has 0 fully saturated rings. The lowest BCUT2D eigenvalue weighted by molar-refractivity contribution is -0.141. The van der Waals surface area contributed by atoms with Crippen LogP contribution in [0.1, 0.15) is 23.6 Å². The van der Waals surface area contributed by atoms with Gasteiger partial charge in [-0.15, -0.1) is 0 Å². The largest absolute Gasteiger partial charge is 0.504 e. The van der Waals surface area contributed by atoms with Crippen molar-refractivity contribution in [3.63, 3.8) is 0 Å². The van der Waals surface area contributed by atoms with E-state index in [0.717, 1.165) is 0 Å². The van der Waals surface area contributed by atoms with Crippen molar-refractivity contribution >= 4 is 5.97 Å². The molecule has 0 radical (unpaired) electrons. The number of esters is 1. The third-order valence-corrected chi connectivity index (χ3v) is 2.51. The molecule has 1 aromatic rings. The van der Waals surface area contributed by atoms with Crippen molar-refractivity contribution in [1.82, 2.24) is 0 Å². The molecule has 96 valence electrons. The summed E-state index contributed by atoms with van der Waals surface area (Å²) < 4.78 is 9.43. The molecule has 0 heterocycles. The number of nitriles is 1. The monoisotopic (exact) mass is 250 g/mol. The molecule has 0 aliphatic carbocycles. The standard InChI is InChI=1S/C12H14N2O4/c1-17-9-4-3-7(6-13)11(12(9)16)8(14)5-10(15)18-2/h3-4,8,16H,5,14H2,1-2H3/t8-/m1/s1. The Hall–Kier alpha value is -2.26. The van der Waals surface area contributed by atoms with Crippen LogP contribution in [0.3, 0.4) is 0 Å². The summed E-state index contributed by atoms with van der Waals surface area (Å²) in [4.78, 5) is 11.2. The molecule has 0 aliphatic heterocycles. The Morgan fingerprint density at radius 2 is 2.22 bits per heavy atom. The van der Waals surface area contributed by atoms with Gasteiger partial charge < -0.3 is 20.3 Å². The number of ether oxygens (including phenoxy) is 2. The Labute approximate surface area is 105 Å². The molecule has 0 spiro atoms. The number of phenolic OH excluding ortho intramolecular Hbond substituents is 1. The highest BCUT2D eigenvalue weighted by atomic mass is 16.5. The molecule has 0 unspecified atom stereocenters. The third-order valence-electron chi connectivity index (χ3n) is 2.51. The van der Waals surface area contributed by atoms with Crippen LogP contribution in [0.5, 0.6) is 11.5 Å². The van der Waals surface area contributed by atoms with Gasteiger partial charge in [-0.1, -0.05) is 0 Å². The first-order valence-electron chi connectivity index (χ1n) is 5.17. The zero-order valence-corrected chi connectivity index (χ0v) is 10.1. The molecule has 0 amide bonds. The SMILES string of the molecule is COC(=O)C[C@@H](N)c1c(C#N)ccc(OC)c1O. The molecule has 1 rings (SSSR count). The second-order valence-electron chi connectivity index (χ2n) is 3.58. The number of methoxy groups -OCH3 is 2. The van der Waals surface area contributed by atoms with E-state index in [2.05, 4.69) is 4.74 Å². The number of nitrogens with two attached hydrogens (primary N) is 1. The first kappa shape index (κ1) is 13.8. The molecule has 1 atom stereocenters. The Morgan fingerprint density at radius 1 is 1.56 bits per heavy atom. The molecule has 0 aromatic heterocycles. The summed E-state index contributed by atoms with van der Waals surface area (Å²) in [5.74, 6) is -0.550. The minimum Gasteiger partial charge on any atom is -0.504 e. The highest BCUT2D eigenvalue weighted by Crippen LogP contribution is 2.36. The number of aromatic hydroxyl groups is 1. The number of benzene rings is 1.